The molecule has 2 aromatic rings. The molecule has 0 saturated carbocycles. The van der Waals surface area contributed by atoms with E-state index in [2.05, 4.69) is 4.72 Å². The monoisotopic (exact) mass is 386 g/mol. The van der Waals surface area contributed by atoms with Crippen LogP contribution in [-0.2, 0) is 14.8 Å². The SMILES string of the molecule is CC[C@@H](NS(=O)(=O)c1ccc(N2CCCC2=O)c(C)c1)c1ccc(C)cc1. The van der Waals surface area contributed by atoms with Gasteiger partial charge in [-0.25, -0.2) is 13.1 Å². The largest absolute Gasteiger partial charge is 0.312 e. The van der Waals surface area contributed by atoms with Crippen LogP contribution in [0.25, 0.3) is 0 Å². The normalized spacial score (nSPS) is 16.0. The first-order valence-electron chi connectivity index (χ1n) is 9.31. The highest BCUT2D eigenvalue weighted by atomic mass is 32.2. The molecule has 0 unspecified atom stereocenters. The molecule has 5 nitrogen and oxygen atoms in total. The van der Waals surface area contributed by atoms with Crippen LogP contribution < -0.4 is 9.62 Å². The molecule has 0 radical (unpaired) electrons. The maximum Gasteiger partial charge on any atom is 0.241 e. The van der Waals surface area contributed by atoms with E-state index in [4.69, 9.17) is 0 Å². The van der Waals surface area contributed by atoms with Gasteiger partial charge in [-0.15, -0.1) is 0 Å². The Bertz CT molecular complexity index is 936. The van der Waals surface area contributed by atoms with Crippen LogP contribution in [0.2, 0.25) is 0 Å². The van der Waals surface area contributed by atoms with E-state index in [0.717, 1.165) is 28.8 Å². The summed E-state index contributed by atoms with van der Waals surface area (Å²) in [6.07, 6.45) is 2.05. The lowest BCUT2D eigenvalue weighted by Gasteiger charge is -2.21. The highest BCUT2D eigenvalue weighted by Crippen LogP contribution is 2.28. The van der Waals surface area contributed by atoms with Crippen LogP contribution >= 0.6 is 0 Å². The minimum absolute atomic E-state index is 0.0947. The molecule has 0 bridgehead atoms. The molecule has 0 aliphatic carbocycles. The van der Waals surface area contributed by atoms with Crippen molar-refractivity contribution in [1.82, 2.24) is 4.72 Å². The molecule has 1 aliphatic rings. The van der Waals surface area contributed by atoms with Crippen molar-refractivity contribution in [1.29, 1.82) is 0 Å². The quantitative estimate of drug-likeness (QED) is 0.820. The summed E-state index contributed by atoms with van der Waals surface area (Å²) in [4.78, 5) is 13.9. The number of hydrogen-bond acceptors (Lipinski definition) is 3. The Morgan fingerprint density at radius 3 is 2.37 bits per heavy atom. The van der Waals surface area contributed by atoms with Crippen molar-refractivity contribution in [3.05, 3.63) is 59.2 Å². The second kappa shape index (κ2) is 7.82. The van der Waals surface area contributed by atoms with Gasteiger partial charge in [0.05, 0.1) is 4.90 Å². The maximum atomic E-state index is 12.9. The number of sulfonamides is 1. The van der Waals surface area contributed by atoms with Gasteiger partial charge in [0.1, 0.15) is 0 Å². The van der Waals surface area contributed by atoms with E-state index >= 15 is 0 Å². The van der Waals surface area contributed by atoms with Gasteiger partial charge in [0, 0.05) is 24.7 Å². The zero-order valence-corrected chi connectivity index (χ0v) is 16.8. The molecule has 0 spiro atoms. The van der Waals surface area contributed by atoms with Gasteiger partial charge in [0.2, 0.25) is 15.9 Å². The lowest BCUT2D eigenvalue weighted by molar-refractivity contribution is -0.117. The molecule has 6 heteroatoms. The highest BCUT2D eigenvalue weighted by Gasteiger charge is 2.25. The molecule has 27 heavy (non-hydrogen) atoms. The average Bonchev–Trinajstić information content (AvgIpc) is 3.06. The Morgan fingerprint density at radius 1 is 1.11 bits per heavy atom. The van der Waals surface area contributed by atoms with Crippen LogP contribution in [0.4, 0.5) is 5.69 Å². The molecule has 2 aromatic carbocycles. The Morgan fingerprint density at radius 2 is 1.81 bits per heavy atom. The van der Waals surface area contributed by atoms with Crippen LogP contribution in [0.15, 0.2) is 47.4 Å². The molecule has 3 rings (SSSR count). The molecular formula is C21H26N2O3S. The standard InChI is InChI=1S/C21H26N2O3S/c1-4-19(17-9-7-15(2)8-10-17)22-27(25,26)18-11-12-20(16(3)14-18)23-13-5-6-21(23)24/h7-12,14,19,22H,4-6,13H2,1-3H3/t19-/m1/s1. The fraction of sp³-hybridized carbons (Fsp3) is 0.381. The number of nitrogens with zero attached hydrogens (tertiary/aromatic N) is 1. The molecule has 1 N–H and O–H groups in total. The van der Waals surface area contributed by atoms with Gasteiger partial charge in [-0.3, -0.25) is 4.79 Å². The van der Waals surface area contributed by atoms with E-state index in [1.807, 2.05) is 45.0 Å². The van der Waals surface area contributed by atoms with Gasteiger partial charge >= 0.3 is 0 Å². The van der Waals surface area contributed by atoms with Crippen molar-refractivity contribution < 1.29 is 13.2 Å². The number of amides is 1. The molecule has 1 saturated heterocycles. The number of aryl methyl sites for hydroxylation is 2. The van der Waals surface area contributed by atoms with Crippen molar-refractivity contribution in [2.45, 2.75) is 51.0 Å². The van der Waals surface area contributed by atoms with Gasteiger partial charge in [0.15, 0.2) is 0 Å². The van der Waals surface area contributed by atoms with E-state index in [9.17, 15) is 13.2 Å². The van der Waals surface area contributed by atoms with E-state index in [1.54, 1.807) is 23.1 Å². The molecule has 1 amide bonds. The summed E-state index contributed by atoms with van der Waals surface area (Å²) >= 11 is 0. The van der Waals surface area contributed by atoms with E-state index < -0.39 is 10.0 Å². The van der Waals surface area contributed by atoms with Crippen molar-refractivity contribution in [3.63, 3.8) is 0 Å². The fourth-order valence-electron chi connectivity index (χ4n) is 3.44. The molecule has 1 aliphatic heterocycles. The van der Waals surface area contributed by atoms with Crippen molar-refractivity contribution in [3.8, 4) is 0 Å². The van der Waals surface area contributed by atoms with Gasteiger partial charge in [-0.2, -0.15) is 0 Å². The van der Waals surface area contributed by atoms with Crippen molar-refractivity contribution in [2.24, 2.45) is 0 Å². The van der Waals surface area contributed by atoms with Gasteiger partial charge in [-0.05, 0) is 56.0 Å². The molecule has 144 valence electrons. The summed E-state index contributed by atoms with van der Waals surface area (Å²) in [5.74, 6) is 0.0947. The molecule has 1 heterocycles. The van der Waals surface area contributed by atoms with Gasteiger partial charge < -0.3 is 4.90 Å². The molecular weight excluding hydrogens is 360 g/mol. The summed E-state index contributed by atoms with van der Waals surface area (Å²) in [5, 5.41) is 0. The number of carbonyl (C=O) groups excluding carboxylic acids is 1. The summed E-state index contributed by atoms with van der Waals surface area (Å²) in [6.45, 7) is 6.50. The number of carbonyl (C=O) groups is 1. The zero-order valence-electron chi connectivity index (χ0n) is 16.0. The van der Waals surface area contributed by atoms with Crippen LogP contribution in [0.5, 0.6) is 0 Å². The molecule has 1 fully saturated rings. The number of nitrogens with one attached hydrogen (secondary N) is 1. The minimum atomic E-state index is -3.66. The van der Waals surface area contributed by atoms with Gasteiger partial charge in [-0.1, -0.05) is 36.8 Å². The summed E-state index contributed by atoms with van der Waals surface area (Å²) < 4.78 is 28.6. The summed E-state index contributed by atoms with van der Waals surface area (Å²) in [5.41, 5.74) is 3.67. The first-order valence-corrected chi connectivity index (χ1v) is 10.8. The van der Waals surface area contributed by atoms with Crippen LogP contribution in [0.1, 0.15) is 48.9 Å². The van der Waals surface area contributed by atoms with Crippen LogP contribution in [0.3, 0.4) is 0 Å². The lowest BCUT2D eigenvalue weighted by atomic mass is 10.0. The number of rotatable bonds is 6. The van der Waals surface area contributed by atoms with Crippen LogP contribution in [-0.4, -0.2) is 20.9 Å². The lowest BCUT2D eigenvalue weighted by Crippen LogP contribution is -2.29. The summed E-state index contributed by atoms with van der Waals surface area (Å²) in [6, 6.07) is 12.6. The Balaban J connectivity index is 1.84. The van der Waals surface area contributed by atoms with Crippen LogP contribution in [0, 0.1) is 13.8 Å². The van der Waals surface area contributed by atoms with Gasteiger partial charge in [0.25, 0.3) is 0 Å². The van der Waals surface area contributed by atoms with Crippen molar-refractivity contribution >= 4 is 21.6 Å². The maximum absolute atomic E-state index is 12.9. The third-order valence-electron chi connectivity index (χ3n) is 5.03. The Hall–Kier alpha value is -2.18. The first kappa shape index (κ1) is 19.6. The highest BCUT2D eigenvalue weighted by molar-refractivity contribution is 7.89. The van der Waals surface area contributed by atoms with Crippen molar-refractivity contribution in [2.75, 3.05) is 11.4 Å². The smallest absolute Gasteiger partial charge is 0.241 e. The number of hydrogen-bond donors (Lipinski definition) is 1. The molecule has 1 atom stereocenters. The topological polar surface area (TPSA) is 66.5 Å². The predicted octanol–water partition coefficient (Wildman–Crippen LogP) is 3.86. The third kappa shape index (κ3) is 4.22. The predicted molar refractivity (Wildman–Crippen MR) is 107 cm³/mol. The second-order valence-electron chi connectivity index (χ2n) is 7.09. The average molecular weight is 387 g/mol. The first-order chi connectivity index (χ1) is 12.8. The Labute approximate surface area is 161 Å². The Kier molecular flexibility index (Phi) is 5.67. The fourth-order valence-corrected chi connectivity index (χ4v) is 4.83. The van der Waals surface area contributed by atoms with E-state index in [1.165, 1.54) is 0 Å². The van der Waals surface area contributed by atoms with E-state index in [0.29, 0.717) is 19.4 Å². The number of anilines is 1. The number of benzene rings is 2. The second-order valence-corrected chi connectivity index (χ2v) is 8.80. The minimum Gasteiger partial charge on any atom is -0.312 e. The molecule has 0 aromatic heterocycles. The third-order valence-corrected chi connectivity index (χ3v) is 6.50. The summed E-state index contributed by atoms with van der Waals surface area (Å²) in [7, 11) is -3.66. The zero-order chi connectivity index (χ0) is 19.6. The van der Waals surface area contributed by atoms with E-state index in [-0.39, 0.29) is 16.8 Å².